The van der Waals surface area contributed by atoms with E-state index in [1.54, 1.807) is 0 Å². The molecule has 4 heteroatoms. The lowest BCUT2D eigenvalue weighted by Crippen LogP contribution is -2.16. The van der Waals surface area contributed by atoms with E-state index in [0.29, 0.717) is 11.8 Å². The number of hydrogen-bond acceptors (Lipinski definition) is 4. The molecule has 0 aromatic heterocycles. The lowest BCUT2D eigenvalue weighted by atomic mass is 10.5. The van der Waals surface area contributed by atoms with Gasteiger partial charge in [0.15, 0.2) is 0 Å². The first-order chi connectivity index (χ1) is 4.83. The zero-order valence-electron chi connectivity index (χ0n) is 5.82. The molecule has 1 fully saturated rings. The monoisotopic (exact) mass is 195 g/mol. The number of thiol groups is 1. The second-order valence-corrected chi connectivity index (χ2v) is 5.52. The Bertz CT molecular complexity index is 95.0. The third kappa shape index (κ3) is 4.01. The summed E-state index contributed by atoms with van der Waals surface area (Å²) >= 11 is 8.33. The van der Waals surface area contributed by atoms with E-state index in [9.17, 15) is 0 Å². The average molecular weight is 195 g/mol. The molecule has 1 aliphatic heterocycles. The smallest absolute Gasteiger partial charge is 0.0230 e. The Hall–Kier alpha value is 1.01. The topological polar surface area (TPSA) is 26.0 Å². The van der Waals surface area contributed by atoms with E-state index in [1.807, 2.05) is 11.8 Å². The van der Waals surface area contributed by atoms with E-state index in [-0.39, 0.29) is 0 Å². The molecule has 2 N–H and O–H groups in total. The van der Waals surface area contributed by atoms with Gasteiger partial charge in [-0.1, -0.05) is 0 Å². The van der Waals surface area contributed by atoms with Gasteiger partial charge in [0.05, 0.1) is 0 Å². The molecule has 0 aromatic rings. The SMILES string of the molecule is NCC(S)CSCC1CS1. The van der Waals surface area contributed by atoms with Crippen LogP contribution in [0.4, 0.5) is 0 Å². The summed E-state index contributed by atoms with van der Waals surface area (Å²) < 4.78 is 0. The fourth-order valence-corrected chi connectivity index (χ4v) is 2.89. The van der Waals surface area contributed by atoms with Gasteiger partial charge in [-0.2, -0.15) is 36.2 Å². The second kappa shape index (κ2) is 4.80. The van der Waals surface area contributed by atoms with Crippen LogP contribution in [0.15, 0.2) is 0 Å². The molecule has 0 bridgehead atoms. The summed E-state index contributed by atoms with van der Waals surface area (Å²) in [5.41, 5.74) is 5.41. The molecule has 2 unspecified atom stereocenters. The number of hydrogen-bond donors (Lipinski definition) is 2. The van der Waals surface area contributed by atoms with Gasteiger partial charge in [0.1, 0.15) is 0 Å². The lowest BCUT2D eigenvalue weighted by Gasteiger charge is -2.04. The van der Waals surface area contributed by atoms with E-state index >= 15 is 0 Å². The molecule has 0 aliphatic carbocycles. The summed E-state index contributed by atoms with van der Waals surface area (Å²) in [6.45, 7) is 0.702. The molecule has 60 valence electrons. The predicted octanol–water partition coefficient (Wildman–Crippen LogP) is 1.09. The maximum Gasteiger partial charge on any atom is 0.0230 e. The number of thioether (sulfide) groups is 2. The lowest BCUT2D eigenvalue weighted by molar-refractivity contribution is 0.969. The highest BCUT2D eigenvalue weighted by atomic mass is 32.2. The minimum Gasteiger partial charge on any atom is -0.329 e. The van der Waals surface area contributed by atoms with Gasteiger partial charge in [-0.15, -0.1) is 0 Å². The van der Waals surface area contributed by atoms with Gasteiger partial charge in [0, 0.05) is 34.3 Å². The fourth-order valence-electron chi connectivity index (χ4n) is 0.568. The van der Waals surface area contributed by atoms with Crippen LogP contribution in [0.5, 0.6) is 0 Å². The van der Waals surface area contributed by atoms with Crippen molar-refractivity contribution in [3.63, 3.8) is 0 Å². The molecule has 1 rings (SSSR count). The van der Waals surface area contributed by atoms with E-state index in [4.69, 9.17) is 5.73 Å². The Morgan fingerprint density at radius 1 is 1.80 bits per heavy atom. The third-order valence-electron chi connectivity index (χ3n) is 1.29. The molecule has 0 radical (unpaired) electrons. The predicted molar refractivity (Wildman–Crippen MR) is 55.4 cm³/mol. The molecule has 0 aromatic carbocycles. The molecule has 1 saturated heterocycles. The summed E-state index contributed by atoms with van der Waals surface area (Å²) in [4.78, 5) is 0. The summed E-state index contributed by atoms with van der Waals surface area (Å²) in [5, 5.41) is 1.34. The first-order valence-corrected chi connectivity index (χ1v) is 6.12. The van der Waals surface area contributed by atoms with Crippen molar-refractivity contribution in [2.24, 2.45) is 5.73 Å². The standard InChI is InChI=1S/C6H13NS3/c7-1-5(8)2-9-3-6-4-10-6/h5-6,8H,1-4,7H2. The van der Waals surface area contributed by atoms with Crippen LogP contribution in [0.1, 0.15) is 0 Å². The first kappa shape index (κ1) is 9.10. The molecule has 1 heterocycles. The van der Waals surface area contributed by atoms with Crippen LogP contribution in [0, 0.1) is 0 Å². The summed E-state index contributed by atoms with van der Waals surface area (Å²) in [5.74, 6) is 3.77. The van der Waals surface area contributed by atoms with Gasteiger partial charge in [0.2, 0.25) is 0 Å². The van der Waals surface area contributed by atoms with Crippen LogP contribution in [-0.4, -0.2) is 34.3 Å². The van der Waals surface area contributed by atoms with Crippen molar-refractivity contribution in [2.75, 3.05) is 23.8 Å². The average Bonchev–Trinajstić information content (AvgIpc) is 2.71. The highest BCUT2D eigenvalue weighted by Gasteiger charge is 2.21. The van der Waals surface area contributed by atoms with Crippen molar-refractivity contribution in [3.8, 4) is 0 Å². The van der Waals surface area contributed by atoms with E-state index < -0.39 is 0 Å². The molecular weight excluding hydrogens is 182 g/mol. The van der Waals surface area contributed by atoms with Gasteiger partial charge in [-0.3, -0.25) is 0 Å². The van der Waals surface area contributed by atoms with Gasteiger partial charge < -0.3 is 5.73 Å². The summed E-state index contributed by atoms with van der Waals surface area (Å²) in [7, 11) is 0. The largest absolute Gasteiger partial charge is 0.329 e. The van der Waals surface area contributed by atoms with E-state index in [0.717, 1.165) is 11.0 Å². The van der Waals surface area contributed by atoms with Crippen LogP contribution in [-0.2, 0) is 0 Å². The molecule has 1 nitrogen and oxygen atoms in total. The third-order valence-corrected chi connectivity index (χ3v) is 4.39. The molecular formula is C6H13NS3. The maximum absolute atomic E-state index is 5.41. The molecule has 0 amide bonds. The minimum atomic E-state index is 0.397. The van der Waals surface area contributed by atoms with Crippen LogP contribution in [0.2, 0.25) is 0 Å². The fraction of sp³-hybridized carbons (Fsp3) is 1.00. The van der Waals surface area contributed by atoms with Crippen LogP contribution < -0.4 is 5.73 Å². The minimum absolute atomic E-state index is 0.397. The quantitative estimate of drug-likeness (QED) is 0.508. The zero-order chi connectivity index (χ0) is 7.40. The summed E-state index contributed by atoms with van der Waals surface area (Å²) in [6, 6.07) is 0. The Balaban J connectivity index is 1.83. The van der Waals surface area contributed by atoms with Crippen molar-refractivity contribution in [1.82, 2.24) is 0 Å². The van der Waals surface area contributed by atoms with Crippen molar-refractivity contribution in [1.29, 1.82) is 0 Å². The second-order valence-electron chi connectivity index (χ2n) is 2.38. The van der Waals surface area contributed by atoms with Crippen LogP contribution in [0.25, 0.3) is 0 Å². The molecule has 0 spiro atoms. The van der Waals surface area contributed by atoms with Gasteiger partial charge in [-0.05, 0) is 0 Å². The van der Waals surface area contributed by atoms with E-state index in [2.05, 4.69) is 24.4 Å². The number of nitrogens with two attached hydrogens (primary N) is 1. The van der Waals surface area contributed by atoms with Gasteiger partial charge in [0.25, 0.3) is 0 Å². The van der Waals surface area contributed by atoms with Gasteiger partial charge >= 0.3 is 0 Å². The Morgan fingerprint density at radius 3 is 3.00 bits per heavy atom. The van der Waals surface area contributed by atoms with Gasteiger partial charge in [-0.25, -0.2) is 0 Å². The van der Waals surface area contributed by atoms with Crippen molar-refractivity contribution >= 4 is 36.2 Å². The molecule has 10 heavy (non-hydrogen) atoms. The Kier molecular flexibility index (Phi) is 4.37. The zero-order valence-corrected chi connectivity index (χ0v) is 8.35. The van der Waals surface area contributed by atoms with Crippen molar-refractivity contribution in [3.05, 3.63) is 0 Å². The number of rotatable bonds is 5. The molecule has 2 atom stereocenters. The Morgan fingerprint density at radius 2 is 2.50 bits per heavy atom. The van der Waals surface area contributed by atoms with Crippen LogP contribution in [0.3, 0.4) is 0 Å². The van der Waals surface area contributed by atoms with Crippen molar-refractivity contribution < 1.29 is 0 Å². The molecule has 1 aliphatic rings. The maximum atomic E-state index is 5.41. The van der Waals surface area contributed by atoms with E-state index in [1.165, 1.54) is 11.5 Å². The van der Waals surface area contributed by atoms with Crippen molar-refractivity contribution in [2.45, 2.75) is 10.5 Å². The summed E-state index contributed by atoms with van der Waals surface area (Å²) in [6.07, 6.45) is 0. The Labute approximate surface area is 76.3 Å². The normalized spacial score (nSPS) is 26.4. The highest BCUT2D eigenvalue weighted by molar-refractivity contribution is 8.08. The van der Waals surface area contributed by atoms with Crippen LogP contribution >= 0.6 is 36.2 Å². The highest BCUT2D eigenvalue weighted by Crippen LogP contribution is 2.33. The molecule has 0 saturated carbocycles. The first-order valence-electron chi connectivity index (χ1n) is 3.40.